The standard InChI is InChI=1S/C15H21N3S/c1-10-11(2)19-15(17-10)9-18-7-12-5-3-4-6-14(16)13(12)8-18/h7-8,14H,3-6,9,16H2,1-2H3. The average Bonchev–Trinajstić information content (AvgIpc) is 2.85. The maximum Gasteiger partial charge on any atom is 0.113 e. The van der Waals surface area contributed by atoms with E-state index in [9.17, 15) is 0 Å². The van der Waals surface area contributed by atoms with Crippen molar-refractivity contribution in [1.82, 2.24) is 9.55 Å². The second-order valence-electron chi connectivity index (χ2n) is 5.51. The van der Waals surface area contributed by atoms with E-state index in [4.69, 9.17) is 5.73 Å². The number of thiazole rings is 1. The Morgan fingerprint density at radius 1 is 1.37 bits per heavy atom. The molecule has 1 aliphatic rings. The highest BCUT2D eigenvalue weighted by Crippen LogP contribution is 2.28. The number of aryl methyl sites for hydroxylation is 3. The maximum atomic E-state index is 6.25. The zero-order chi connectivity index (χ0) is 13.4. The normalized spacial score (nSPS) is 19.2. The maximum absolute atomic E-state index is 6.25. The van der Waals surface area contributed by atoms with E-state index in [0.717, 1.165) is 18.7 Å². The molecule has 0 bridgehead atoms. The minimum atomic E-state index is 0.221. The van der Waals surface area contributed by atoms with Crippen molar-refractivity contribution in [3.63, 3.8) is 0 Å². The topological polar surface area (TPSA) is 43.8 Å². The summed E-state index contributed by atoms with van der Waals surface area (Å²) in [4.78, 5) is 5.94. The van der Waals surface area contributed by atoms with E-state index in [-0.39, 0.29) is 6.04 Å². The van der Waals surface area contributed by atoms with Crippen LogP contribution in [0.3, 0.4) is 0 Å². The summed E-state index contributed by atoms with van der Waals surface area (Å²) in [7, 11) is 0. The van der Waals surface area contributed by atoms with Crippen LogP contribution in [0.2, 0.25) is 0 Å². The Labute approximate surface area is 118 Å². The molecule has 1 aliphatic carbocycles. The van der Waals surface area contributed by atoms with Crippen molar-refractivity contribution in [3.8, 4) is 0 Å². The first-order valence-electron chi connectivity index (χ1n) is 7.00. The summed E-state index contributed by atoms with van der Waals surface area (Å²) in [6.07, 6.45) is 9.31. The highest BCUT2D eigenvalue weighted by Gasteiger charge is 2.17. The van der Waals surface area contributed by atoms with Gasteiger partial charge in [0, 0.05) is 23.3 Å². The van der Waals surface area contributed by atoms with E-state index in [0.29, 0.717) is 0 Å². The molecule has 0 aliphatic heterocycles. The first-order valence-corrected chi connectivity index (χ1v) is 7.82. The van der Waals surface area contributed by atoms with Crippen molar-refractivity contribution < 1.29 is 0 Å². The van der Waals surface area contributed by atoms with E-state index >= 15 is 0 Å². The Kier molecular flexibility index (Phi) is 3.46. The van der Waals surface area contributed by atoms with Crippen LogP contribution in [0.25, 0.3) is 0 Å². The third-order valence-electron chi connectivity index (χ3n) is 4.00. The van der Waals surface area contributed by atoms with Gasteiger partial charge in [0.15, 0.2) is 0 Å². The molecule has 3 nitrogen and oxygen atoms in total. The fourth-order valence-electron chi connectivity index (χ4n) is 2.81. The highest BCUT2D eigenvalue weighted by atomic mass is 32.1. The van der Waals surface area contributed by atoms with Crippen LogP contribution >= 0.6 is 11.3 Å². The first-order chi connectivity index (χ1) is 9.13. The largest absolute Gasteiger partial charge is 0.347 e. The molecular formula is C15H21N3S. The molecule has 0 saturated carbocycles. The van der Waals surface area contributed by atoms with Gasteiger partial charge < -0.3 is 10.3 Å². The summed E-state index contributed by atoms with van der Waals surface area (Å²) in [5.41, 5.74) is 10.2. The molecule has 2 N–H and O–H groups in total. The summed E-state index contributed by atoms with van der Waals surface area (Å²) in [5, 5.41) is 1.19. The van der Waals surface area contributed by atoms with Gasteiger partial charge in [-0.25, -0.2) is 4.98 Å². The van der Waals surface area contributed by atoms with E-state index in [1.807, 2.05) is 0 Å². The van der Waals surface area contributed by atoms with Crippen molar-refractivity contribution >= 4 is 11.3 Å². The smallest absolute Gasteiger partial charge is 0.113 e. The average molecular weight is 275 g/mol. The van der Waals surface area contributed by atoms with Crippen molar-refractivity contribution in [3.05, 3.63) is 39.1 Å². The van der Waals surface area contributed by atoms with Crippen molar-refractivity contribution in [1.29, 1.82) is 0 Å². The fourth-order valence-corrected chi connectivity index (χ4v) is 3.75. The van der Waals surface area contributed by atoms with Gasteiger partial charge in [0.25, 0.3) is 0 Å². The zero-order valence-corrected chi connectivity index (χ0v) is 12.5. The molecule has 0 amide bonds. The number of fused-ring (bicyclic) bond motifs is 1. The molecule has 102 valence electrons. The van der Waals surface area contributed by atoms with E-state index < -0.39 is 0 Å². The van der Waals surface area contributed by atoms with Crippen LogP contribution in [-0.4, -0.2) is 9.55 Å². The van der Waals surface area contributed by atoms with Gasteiger partial charge in [-0.05, 0) is 44.2 Å². The van der Waals surface area contributed by atoms with Crippen molar-refractivity contribution in [2.75, 3.05) is 0 Å². The number of rotatable bonds is 2. The summed E-state index contributed by atoms with van der Waals surface area (Å²) < 4.78 is 2.26. The summed E-state index contributed by atoms with van der Waals surface area (Å²) >= 11 is 1.80. The molecule has 0 aromatic carbocycles. The molecule has 2 aromatic heterocycles. The molecule has 0 spiro atoms. The second kappa shape index (κ2) is 5.10. The van der Waals surface area contributed by atoms with Gasteiger partial charge in [0.05, 0.1) is 12.2 Å². The lowest BCUT2D eigenvalue weighted by molar-refractivity contribution is 0.610. The lowest BCUT2D eigenvalue weighted by Crippen LogP contribution is -2.09. The van der Waals surface area contributed by atoms with Gasteiger partial charge in [-0.2, -0.15) is 0 Å². The highest BCUT2D eigenvalue weighted by molar-refractivity contribution is 7.11. The van der Waals surface area contributed by atoms with Crippen LogP contribution in [0, 0.1) is 13.8 Å². The Morgan fingerprint density at radius 2 is 2.21 bits per heavy atom. The van der Waals surface area contributed by atoms with Crippen LogP contribution in [0.5, 0.6) is 0 Å². The SMILES string of the molecule is Cc1nc(Cn2cc3c(c2)C(N)CCCC3)sc1C. The molecule has 3 rings (SSSR count). The van der Waals surface area contributed by atoms with Crippen LogP contribution in [0.15, 0.2) is 12.4 Å². The summed E-state index contributed by atoms with van der Waals surface area (Å²) in [6, 6.07) is 0.221. The van der Waals surface area contributed by atoms with Gasteiger partial charge in [-0.3, -0.25) is 0 Å². The number of hydrogen-bond donors (Lipinski definition) is 1. The lowest BCUT2D eigenvalue weighted by atomic mass is 10.1. The number of aromatic nitrogens is 2. The van der Waals surface area contributed by atoms with Gasteiger partial charge in [-0.1, -0.05) is 6.42 Å². The molecule has 0 radical (unpaired) electrons. The molecule has 0 fully saturated rings. The molecule has 0 saturated heterocycles. The van der Waals surface area contributed by atoms with Crippen LogP contribution in [0.4, 0.5) is 0 Å². The van der Waals surface area contributed by atoms with Gasteiger partial charge in [-0.15, -0.1) is 11.3 Å². The minimum absolute atomic E-state index is 0.221. The number of nitrogens with two attached hydrogens (primary N) is 1. The van der Waals surface area contributed by atoms with Crippen molar-refractivity contribution in [2.45, 2.75) is 52.1 Å². The predicted octanol–water partition coefficient (Wildman–Crippen LogP) is 3.34. The monoisotopic (exact) mass is 275 g/mol. The first kappa shape index (κ1) is 12.9. The number of hydrogen-bond acceptors (Lipinski definition) is 3. The molecule has 4 heteroatoms. The Hall–Kier alpha value is -1.13. The van der Waals surface area contributed by atoms with Gasteiger partial charge >= 0.3 is 0 Å². The quantitative estimate of drug-likeness (QED) is 0.854. The van der Waals surface area contributed by atoms with Crippen molar-refractivity contribution in [2.24, 2.45) is 5.73 Å². The van der Waals surface area contributed by atoms with E-state index in [1.165, 1.54) is 40.3 Å². The Balaban J connectivity index is 1.84. The fraction of sp³-hybridized carbons (Fsp3) is 0.533. The molecule has 2 aromatic rings. The van der Waals surface area contributed by atoms with Crippen LogP contribution in [0.1, 0.15) is 52.0 Å². The Bertz CT molecular complexity index is 563. The van der Waals surface area contributed by atoms with Crippen LogP contribution in [-0.2, 0) is 13.0 Å². The zero-order valence-electron chi connectivity index (χ0n) is 11.6. The number of nitrogens with zero attached hydrogens (tertiary/aromatic N) is 2. The predicted molar refractivity (Wildman–Crippen MR) is 79.6 cm³/mol. The summed E-state index contributed by atoms with van der Waals surface area (Å²) in [5.74, 6) is 0. The van der Waals surface area contributed by atoms with Gasteiger partial charge in [0.1, 0.15) is 5.01 Å². The summed E-state index contributed by atoms with van der Waals surface area (Å²) in [6.45, 7) is 5.09. The Morgan fingerprint density at radius 3 is 2.95 bits per heavy atom. The molecule has 1 atom stereocenters. The van der Waals surface area contributed by atoms with Gasteiger partial charge in [0.2, 0.25) is 0 Å². The third kappa shape index (κ3) is 2.60. The van der Waals surface area contributed by atoms with E-state index in [2.05, 4.69) is 35.8 Å². The minimum Gasteiger partial charge on any atom is -0.347 e. The lowest BCUT2D eigenvalue weighted by Gasteiger charge is -2.07. The molecule has 19 heavy (non-hydrogen) atoms. The molecule has 2 heterocycles. The van der Waals surface area contributed by atoms with E-state index in [1.54, 1.807) is 11.3 Å². The molecular weight excluding hydrogens is 254 g/mol. The second-order valence-corrected chi connectivity index (χ2v) is 6.80. The third-order valence-corrected chi connectivity index (χ3v) is 5.06. The van der Waals surface area contributed by atoms with Crippen LogP contribution < -0.4 is 5.73 Å². The molecule has 1 unspecified atom stereocenters.